The summed E-state index contributed by atoms with van der Waals surface area (Å²) in [6.45, 7) is 3.80. The van der Waals surface area contributed by atoms with Crippen molar-refractivity contribution < 1.29 is 14.6 Å². The first-order chi connectivity index (χ1) is 9.07. The number of para-hydroxylation sites is 2. The lowest BCUT2D eigenvalue weighted by Gasteiger charge is -2.38. The maximum atomic E-state index is 12.3. The second-order valence-corrected chi connectivity index (χ2v) is 5.41. The van der Waals surface area contributed by atoms with E-state index in [1.807, 2.05) is 38.1 Å². The number of amides is 1. The van der Waals surface area contributed by atoms with Crippen molar-refractivity contribution in [1.29, 1.82) is 0 Å². The van der Waals surface area contributed by atoms with Crippen LogP contribution in [0.4, 0.5) is 5.69 Å². The van der Waals surface area contributed by atoms with E-state index in [1.165, 1.54) is 0 Å². The largest absolute Gasteiger partial charge is 0.489 e. The number of nitrogens with one attached hydrogen (secondary N) is 1. The van der Waals surface area contributed by atoms with Gasteiger partial charge in [-0.2, -0.15) is 0 Å². The van der Waals surface area contributed by atoms with Gasteiger partial charge in [0, 0.05) is 0 Å². The maximum Gasteiger partial charge on any atom is 0.233 e. The number of carbonyl (C=O) groups excluding carboxylic acids is 1. The third-order valence-corrected chi connectivity index (χ3v) is 3.59. The molecule has 1 fully saturated rings. The van der Waals surface area contributed by atoms with Crippen LogP contribution in [0, 0.1) is 5.41 Å². The van der Waals surface area contributed by atoms with E-state index in [4.69, 9.17) is 4.74 Å². The molecule has 104 valence electrons. The number of anilines is 1. The van der Waals surface area contributed by atoms with Gasteiger partial charge < -0.3 is 15.2 Å². The van der Waals surface area contributed by atoms with Gasteiger partial charge in [0.05, 0.1) is 23.8 Å². The summed E-state index contributed by atoms with van der Waals surface area (Å²) in [6, 6.07) is 7.38. The molecule has 2 rings (SSSR count). The van der Waals surface area contributed by atoms with Crippen LogP contribution in [0.5, 0.6) is 5.75 Å². The summed E-state index contributed by atoms with van der Waals surface area (Å²) in [6.07, 6.45) is 2.55. The fraction of sp³-hybridized carbons (Fsp3) is 0.533. The van der Waals surface area contributed by atoms with Crippen molar-refractivity contribution in [3.05, 3.63) is 24.3 Å². The maximum absolute atomic E-state index is 12.3. The first kappa shape index (κ1) is 13.9. The Labute approximate surface area is 113 Å². The van der Waals surface area contributed by atoms with Crippen LogP contribution in [0.15, 0.2) is 24.3 Å². The number of aliphatic hydroxyl groups excluding tert-OH is 1. The standard InChI is InChI=1S/C15H21NO3/c1-11(2)19-13-7-4-3-6-12(13)16-14(18)15(10-17)8-5-9-15/h3-4,6-7,11,17H,5,8-10H2,1-2H3,(H,16,18). The van der Waals surface area contributed by atoms with Gasteiger partial charge in [-0.05, 0) is 38.8 Å². The highest BCUT2D eigenvalue weighted by molar-refractivity contribution is 5.97. The number of rotatable bonds is 5. The van der Waals surface area contributed by atoms with Gasteiger partial charge >= 0.3 is 0 Å². The van der Waals surface area contributed by atoms with Gasteiger partial charge in [-0.15, -0.1) is 0 Å². The Kier molecular flexibility index (Phi) is 4.10. The van der Waals surface area contributed by atoms with E-state index in [2.05, 4.69) is 5.32 Å². The van der Waals surface area contributed by atoms with Gasteiger partial charge in [-0.25, -0.2) is 0 Å². The van der Waals surface area contributed by atoms with E-state index in [-0.39, 0.29) is 18.6 Å². The predicted octanol–water partition coefficient (Wildman–Crippen LogP) is 2.57. The molecule has 1 amide bonds. The molecule has 1 saturated carbocycles. The first-order valence-corrected chi connectivity index (χ1v) is 6.75. The quantitative estimate of drug-likeness (QED) is 0.858. The first-order valence-electron chi connectivity index (χ1n) is 6.75. The van der Waals surface area contributed by atoms with Crippen LogP contribution in [0.25, 0.3) is 0 Å². The van der Waals surface area contributed by atoms with Crippen LogP contribution >= 0.6 is 0 Å². The lowest BCUT2D eigenvalue weighted by molar-refractivity contribution is -0.133. The molecule has 0 spiro atoms. The SMILES string of the molecule is CC(C)Oc1ccccc1NC(=O)C1(CO)CCC1. The highest BCUT2D eigenvalue weighted by Crippen LogP contribution is 2.41. The van der Waals surface area contributed by atoms with E-state index in [0.29, 0.717) is 11.4 Å². The summed E-state index contributed by atoms with van der Waals surface area (Å²) < 4.78 is 5.67. The molecule has 0 aliphatic heterocycles. The summed E-state index contributed by atoms with van der Waals surface area (Å²) in [5.74, 6) is 0.555. The van der Waals surface area contributed by atoms with Gasteiger partial charge in [0.15, 0.2) is 0 Å². The number of ether oxygens (including phenoxy) is 1. The molecule has 4 nitrogen and oxygen atoms in total. The molecule has 0 radical (unpaired) electrons. The van der Waals surface area contributed by atoms with Crippen molar-refractivity contribution in [1.82, 2.24) is 0 Å². The van der Waals surface area contributed by atoms with E-state index >= 15 is 0 Å². The number of carbonyl (C=O) groups is 1. The summed E-state index contributed by atoms with van der Waals surface area (Å²) in [5, 5.41) is 12.3. The van der Waals surface area contributed by atoms with Gasteiger partial charge in [0.1, 0.15) is 5.75 Å². The Morgan fingerprint density at radius 3 is 2.63 bits per heavy atom. The minimum Gasteiger partial charge on any atom is -0.489 e. The number of benzene rings is 1. The number of hydrogen-bond donors (Lipinski definition) is 2. The van der Waals surface area contributed by atoms with Crippen molar-refractivity contribution in [2.75, 3.05) is 11.9 Å². The lowest BCUT2D eigenvalue weighted by atomic mass is 9.68. The highest BCUT2D eigenvalue weighted by Gasteiger charge is 2.43. The zero-order chi connectivity index (χ0) is 13.9. The van der Waals surface area contributed by atoms with E-state index in [0.717, 1.165) is 19.3 Å². The topological polar surface area (TPSA) is 58.6 Å². The van der Waals surface area contributed by atoms with Gasteiger partial charge in [-0.3, -0.25) is 4.79 Å². The summed E-state index contributed by atoms with van der Waals surface area (Å²) >= 11 is 0. The highest BCUT2D eigenvalue weighted by atomic mass is 16.5. The lowest BCUT2D eigenvalue weighted by Crippen LogP contribution is -2.44. The smallest absolute Gasteiger partial charge is 0.233 e. The Balaban J connectivity index is 2.12. The van der Waals surface area contributed by atoms with Gasteiger partial charge in [0.2, 0.25) is 5.91 Å². The van der Waals surface area contributed by atoms with Crippen LogP contribution in [-0.4, -0.2) is 23.7 Å². The minimum atomic E-state index is -0.592. The Hall–Kier alpha value is -1.55. The molecule has 1 aliphatic carbocycles. The number of aliphatic hydroxyl groups is 1. The summed E-state index contributed by atoms with van der Waals surface area (Å²) in [7, 11) is 0. The zero-order valence-electron chi connectivity index (χ0n) is 11.5. The normalized spacial score (nSPS) is 16.8. The predicted molar refractivity (Wildman–Crippen MR) is 74.2 cm³/mol. The monoisotopic (exact) mass is 263 g/mol. The Bertz CT molecular complexity index is 447. The van der Waals surface area contributed by atoms with Crippen LogP contribution in [0.1, 0.15) is 33.1 Å². The molecule has 0 bridgehead atoms. The minimum absolute atomic E-state index is 0.0496. The Morgan fingerprint density at radius 2 is 2.11 bits per heavy atom. The molecular formula is C15H21NO3. The average Bonchev–Trinajstić information content (AvgIpc) is 2.30. The molecule has 0 heterocycles. The van der Waals surface area contributed by atoms with E-state index < -0.39 is 5.41 Å². The van der Waals surface area contributed by atoms with Gasteiger partial charge in [-0.1, -0.05) is 18.6 Å². The molecule has 0 aromatic heterocycles. The van der Waals surface area contributed by atoms with Crippen LogP contribution in [-0.2, 0) is 4.79 Å². The molecule has 1 aromatic rings. The van der Waals surface area contributed by atoms with E-state index in [1.54, 1.807) is 0 Å². The van der Waals surface area contributed by atoms with Crippen LogP contribution in [0.3, 0.4) is 0 Å². The molecule has 2 N–H and O–H groups in total. The molecule has 0 unspecified atom stereocenters. The summed E-state index contributed by atoms with van der Waals surface area (Å²) in [5.41, 5.74) is 0.0752. The van der Waals surface area contributed by atoms with Crippen LogP contribution in [0.2, 0.25) is 0 Å². The average molecular weight is 263 g/mol. The molecule has 1 aromatic carbocycles. The molecule has 0 saturated heterocycles. The van der Waals surface area contributed by atoms with E-state index in [9.17, 15) is 9.90 Å². The van der Waals surface area contributed by atoms with Crippen molar-refractivity contribution in [2.24, 2.45) is 5.41 Å². The second kappa shape index (κ2) is 5.61. The molecule has 1 aliphatic rings. The third kappa shape index (κ3) is 2.89. The molecule has 4 heteroatoms. The van der Waals surface area contributed by atoms with Crippen molar-refractivity contribution in [3.8, 4) is 5.75 Å². The fourth-order valence-electron chi connectivity index (χ4n) is 2.24. The summed E-state index contributed by atoms with van der Waals surface area (Å²) in [4.78, 5) is 12.3. The molecular weight excluding hydrogens is 242 g/mol. The molecule has 0 atom stereocenters. The van der Waals surface area contributed by atoms with Crippen molar-refractivity contribution in [2.45, 2.75) is 39.2 Å². The zero-order valence-corrected chi connectivity index (χ0v) is 11.5. The Morgan fingerprint density at radius 1 is 1.42 bits per heavy atom. The third-order valence-electron chi connectivity index (χ3n) is 3.59. The van der Waals surface area contributed by atoms with Crippen LogP contribution < -0.4 is 10.1 Å². The molecule has 19 heavy (non-hydrogen) atoms. The van der Waals surface area contributed by atoms with Crippen molar-refractivity contribution in [3.63, 3.8) is 0 Å². The second-order valence-electron chi connectivity index (χ2n) is 5.41. The number of hydrogen-bond acceptors (Lipinski definition) is 3. The fourth-order valence-corrected chi connectivity index (χ4v) is 2.24. The van der Waals surface area contributed by atoms with Gasteiger partial charge in [0.25, 0.3) is 0 Å². The van der Waals surface area contributed by atoms with Crippen molar-refractivity contribution >= 4 is 11.6 Å².